The van der Waals surface area contributed by atoms with Crippen molar-refractivity contribution in [2.24, 2.45) is 0 Å². The molecule has 2 aromatic rings. The molecule has 0 bridgehead atoms. The maximum absolute atomic E-state index is 10.0. The van der Waals surface area contributed by atoms with Crippen molar-refractivity contribution in [2.75, 3.05) is 12.3 Å². The summed E-state index contributed by atoms with van der Waals surface area (Å²) in [4.78, 5) is 10.7. The van der Waals surface area contributed by atoms with Crippen molar-refractivity contribution in [1.82, 2.24) is 19.5 Å². The summed E-state index contributed by atoms with van der Waals surface area (Å²) in [6.45, 7) is -0.415. The van der Waals surface area contributed by atoms with Crippen LogP contribution in [0, 0.1) is 4.77 Å². The van der Waals surface area contributed by atoms with Crippen LogP contribution in [0.15, 0.2) is 6.33 Å². The average Bonchev–Trinajstić information content (AvgIpc) is 2.90. The van der Waals surface area contributed by atoms with Gasteiger partial charge < -0.3 is 30.8 Å². The van der Waals surface area contributed by atoms with Crippen LogP contribution in [0.5, 0.6) is 0 Å². The average molecular weight is 299 g/mol. The summed E-state index contributed by atoms with van der Waals surface area (Å²) < 4.78 is 7.07. The highest BCUT2D eigenvalue weighted by Crippen LogP contribution is 2.32. The van der Waals surface area contributed by atoms with E-state index in [0.717, 1.165) is 0 Å². The Labute approximate surface area is 117 Å². The minimum absolute atomic E-state index is 0.214. The van der Waals surface area contributed by atoms with Crippen molar-refractivity contribution in [1.29, 1.82) is 0 Å². The molecule has 0 saturated carbocycles. The molecular weight excluding hydrogens is 286 g/mol. The van der Waals surface area contributed by atoms with Crippen molar-refractivity contribution >= 4 is 29.2 Å². The van der Waals surface area contributed by atoms with Crippen LogP contribution < -0.4 is 5.73 Å². The molecule has 0 radical (unpaired) electrons. The number of anilines is 1. The Hall–Kier alpha value is -1.59. The topological polar surface area (TPSA) is 142 Å². The van der Waals surface area contributed by atoms with Gasteiger partial charge in [-0.25, -0.2) is 9.97 Å². The highest BCUT2D eigenvalue weighted by Gasteiger charge is 2.44. The largest absolute Gasteiger partial charge is 0.394 e. The molecule has 0 unspecified atom stereocenters. The Bertz CT molecular complexity index is 701. The van der Waals surface area contributed by atoms with Gasteiger partial charge in [-0.3, -0.25) is 4.57 Å². The molecule has 2 aromatic heterocycles. The number of H-pyrrole nitrogens is 1. The predicted octanol–water partition coefficient (Wildman–Crippen LogP) is -1.32. The fraction of sp³-hybridized carbons (Fsp3) is 0.500. The molecule has 0 amide bonds. The molecule has 1 aliphatic heterocycles. The molecule has 1 aliphatic rings. The highest BCUT2D eigenvalue weighted by atomic mass is 32.1. The number of nitrogens with two attached hydrogens (primary N) is 1. The molecule has 9 nitrogen and oxygen atoms in total. The van der Waals surface area contributed by atoms with Crippen LogP contribution in [0.25, 0.3) is 11.2 Å². The number of aromatic nitrogens is 4. The number of nitrogen functional groups attached to an aromatic ring is 1. The second-order valence-electron chi connectivity index (χ2n) is 4.49. The molecule has 0 aromatic carbocycles. The Balaban J connectivity index is 2.14. The second-order valence-corrected chi connectivity index (χ2v) is 4.87. The van der Waals surface area contributed by atoms with E-state index in [1.54, 1.807) is 0 Å². The Morgan fingerprint density at radius 2 is 2.15 bits per heavy atom. The van der Waals surface area contributed by atoms with E-state index in [1.807, 2.05) is 0 Å². The molecule has 4 atom stereocenters. The van der Waals surface area contributed by atoms with E-state index in [0.29, 0.717) is 11.2 Å². The van der Waals surface area contributed by atoms with Crippen LogP contribution in [-0.2, 0) is 4.74 Å². The summed E-state index contributed by atoms with van der Waals surface area (Å²) in [6.07, 6.45) is -3.04. The molecule has 0 spiro atoms. The molecule has 1 saturated heterocycles. The molecule has 108 valence electrons. The minimum atomic E-state index is -1.24. The number of rotatable bonds is 2. The third kappa shape index (κ3) is 1.81. The number of ether oxygens (including phenoxy) is 1. The van der Waals surface area contributed by atoms with Crippen LogP contribution in [0.1, 0.15) is 6.23 Å². The van der Waals surface area contributed by atoms with Crippen LogP contribution >= 0.6 is 12.2 Å². The smallest absolute Gasteiger partial charge is 0.181 e. The fourth-order valence-electron chi connectivity index (χ4n) is 2.28. The van der Waals surface area contributed by atoms with E-state index in [1.165, 1.54) is 10.9 Å². The summed E-state index contributed by atoms with van der Waals surface area (Å²) in [5.41, 5.74) is 6.50. The van der Waals surface area contributed by atoms with E-state index in [9.17, 15) is 10.2 Å². The van der Waals surface area contributed by atoms with E-state index in [-0.39, 0.29) is 10.6 Å². The zero-order valence-electron chi connectivity index (χ0n) is 10.2. The van der Waals surface area contributed by atoms with Crippen molar-refractivity contribution in [3.63, 3.8) is 0 Å². The zero-order chi connectivity index (χ0) is 14.4. The number of aliphatic hydroxyl groups excluding tert-OH is 3. The zero-order valence-corrected chi connectivity index (χ0v) is 11.0. The van der Waals surface area contributed by atoms with Gasteiger partial charge in [-0.2, -0.15) is 0 Å². The maximum atomic E-state index is 10.0. The Morgan fingerprint density at radius 3 is 2.80 bits per heavy atom. The monoisotopic (exact) mass is 299 g/mol. The van der Waals surface area contributed by atoms with Crippen LogP contribution in [-0.4, -0.2) is 59.8 Å². The van der Waals surface area contributed by atoms with Gasteiger partial charge in [0.05, 0.1) is 6.61 Å². The first-order chi connectivity index (χ1) is 9.54. The van der Waals surface area contributed by atoms with Crippen LogP contribution in [0.4, 0.5) is 5.82 Å². The summed E-state index contributed by atoms with van der Waals surface area (Å²) in [7, 11) is 0. The first-order valence-electron chi connectivity index (χ1n) is 5.87. The van der Waals surface area contributed by atoms with E-state index in [2.05, 4.69) is 15.0 Å². The minimum Gasteiger partial charge on any atom is -0.394 e. The number of hydrogen-bond acceptors (Lipinski definition) is 8. The lowest BCUT2D eigenvalue weighted by atomic mass is 10.1. The first kappa shape index (κ1) is 13.4. The summed E-state index contributed by atoms with van der Waals surface area (Å²) in [5, 5.41) is 28.9. The number of nitrogens with one attached hydrogen (secondary N) is 1. The lowest BCUT2D eigenvalue weighted by Crippen LogP contribution is -2.33. The van der Waals surface area contributed by atoms with Crippen molar-refractivity contribution in [2.45, 2.75) is 24.5 Å². The molecule has 0 aliphatic carbocycles. The number of imidazole rings is 1. The van der Waals surface area contributed by atoms with E-state index < -0.39 is 31.1 Å². The molecule has 20 heavy (non-hydrogen) atoms. The quantitative estimate of drug-likeness (QED) is 0.430. The molecule has 1 fully saturated rings. The molecular formula is C10H13N5O4S. The lowest BCUT2D eigenvalue weighted by molar-refractivity contribution is -0.0517. The van der Waals surface area contributed by atoms with Gasteiger partial charge in [0.1, 0.15) is 30.2 Å². The van der Waals surface area contributed by atoms with Crippen molar-refractivity contribution < 1.29 is 20.1 Å². The van der Waals surface area contributed by atoms with Crippen LogP contribution in [0.3, 0.4) is 0 Å². The van der Waals surface area contributed by atoms with Crippen molar-refractivity contribution in [3.8, 4) is 0 Å². The molecule has 10 heteroatoms. The summed E-state index contributed by atoms with van der Waals surface area (Å²) in [5.74, 6) is 0.214. The Morgan fingerprint density at radius 1 is 1.40 bits per heavy atom. The Kier molecular flexibility index (Phi) is 3.18. The van der Waals surface area contributed by atoms with Gasteiger partial charge in [0.25, 0.3) is 0 Å². The van der Waals surface area contributed by atoms with Gasteiger partial charge in [-0.15, -0.1) is 0 Å². The summed E-state index contributed by atoms with van der Waals surface area (Å²) in [6, 6.07) is 0. The van der Waals surface area contributed by atoms with Gasteiger partial charge in [0.2, 0.25) is 0 Å². The van der Waals surface area contributed by atoms with Gasteiger partial charge in [0.15, 0.2) is 22.5 Å². The number of fused-ring (bicyclic) bond motifs is 1. The normalized spacial score (nSPS) is 30.1. The third-order valence-electron chi connectivity index (χ3n) is 3.31. The SMILES string of the molecule is Nc1ncnc2c1[nH]c(=S)n2[C@@H]1O[C@@H](CO)[C@@H](O)[C@@H]1O. The number of hydrogen-bond donors (Lipinski definition) is 5. The maximum Gasteiger partial charge on any atom is 0.181 e. The molecule has 6 N–H and O–H groups in total. The predicted molar refractivity (Wildman–Crippen MR) is 70.1 cm³/mol. The number of nitrogens with zero attached hydrogens (tertiary/aromatic N) is 3. The van der Waals surface area contributed by atoms with Crippen molar-refractivity contribution in [3.05, 3.63) is 11.1 Å². The lowest BCUT2D eigenvalue weighted by Gasteiger charge is -2.16. The second kappa shape index (κ2) is 4.75. The highest BCUT2D eigenvalue weighted by molar-refractivity contribution is 7.71. The van der Waals surface area contributed by atoms with Gasteiger partial charge in [-0.05, 0) is 12.2 Å². The van der Waals surface area contributed by atoms with E-state index >= 15 is 0 Å². The third-order valence-corrected chi connectivity index (χ3v) is 3.61. The van der Waals surface area contributed by atoms with Gasteiger partial charge in [-0.1, -0.05) is 0 Å². The van der Waals surface area contributed by atoms with Gasteiger partial charge in [0, 0.05) is 0 Å². The molecule has 3 heterocycles. The fourth-order valence-corrected chi connectivity index (χ4v) is 2.58. The van der Waals surface area contributed by atoms with Gasteiger partial charge >= 0.3 is 0 Å². The number of aromatic amines is 1. The first-order valence-corrected chi connectivity index (χ1v) is 6.28. The summed E-state index contributed by atoms with van der Waals surface area (Å²) >= 11 is 5.16. The standard InChI is InChI=1S/C10H13N5O4S/c11-7-4-8(13-2-12-7)15(10(20)14-4)9-6(18)5(17)3(1-16)19-9/h2-3,5-6,9,16-18H,1H2,(H,14,20)(H2,11,12,13)/t3-,5+,6-,9+/m0/s1. The van der Waals surface area contributed by atoms with Crippen LogP contribution in [0.2, 0.25) is 0 Å². The number of aliphatic hydroxyl groups is 3. The molecule has 3 rings (SSSR count). The van der Waals surface area contributed by atoms with E-state index in [4.69, 9.17) is 27.8 Å².